The highest BCUT2D eigenvalue weighted by Gasteiger charge is 2.07. The van der Waals surface area contributed by atoms with Crippen molar-refractivity contribution in [2.45, 2.75) is 0 Å². The third-order valence-electron chi connectivity index (χ3n) is 1.55. The van der Waals surface area contributed by atoms with E-state index in [0.29, 0.717) is 10.4 Å². The van der Waals surface area contributed by atoms with Crippen LogP contribution in [-0.4, -0.2) is 0 Å². The molecule has 0 aliphatic rings. The summed E-state index contributed by atoms with van der Waals surface area (Å²) < 4.78 is 14.8. The van der Waals surface area contributed by atoms with Gasteiger partial charge in [0.2, 0.25) is 0 Å². The molecule has 0 radical (unpaired) electrons. The second kappa shape index (κ2) is 2.98. The Hall–Kier alpha value is -0.120. The van der Waals surface area contributed by atoms with Crippen LogP contribution in [0.1, 0.15) is 0 Å². The molecule has 4 heteroatoms. The van der Waals surface area contributed by atoms with Crippen LogP contribution in [0.25, 0.3) is 10.1 Å². The third-order valence-corrected chi connectivity index (χ3v) is 3.20. The summed E-state index contributed by atoms with van der Waals surface area (Å²) in [4.78, 5) is 0. The number of benzene rings is 1. The number of hydrogen-bond donors (Lipinski definition) is 0. The monoisotopic (exact) mass is 264 g/mol. The zero-order chi connectivity index (χ0) is 8.72. The van der Waals surface area contributed by atoms with Gasteiger partial charge in [-0.2, -0.15) is 0 Å². The van der Waals surface area contributed by atoms with Crippen molar-refractivity contribution in [2.24, 2.45) is 0 Å². The van der Waals surface area contributed by atoms with Crippen LogP contribution in [0.5, 0.6) is 0 Å². The molecule has 1 aromatic heterocycles. The van der Waals surface area contributed by atoms with Gasteiger partial charge in [0.25, 0.3) is 0 Å². The topological polar surface area (TPSA) is 0 Å². The minimum atomic E-state index is -0.243. The van der Waals surface area contributed by atoms with Gasteiger partial charge in [-0.3, -0.25) is 0 Å². The quantitative estimate of drug-likeness (QED) is 0.660. The zero-order valence-electron chi connectivity index (χ0n) is 5.77. The van der Waals surface area contributed by atoms with E-state index in [2.05, 4.69) is 15.9 Å². The van der Waals surface area contributed by atoms with Crippen molar-refractivity contribution < 1.29 is 4.39 Å². The van der Waals surface area contributed by atoms with Crippen LogP contribution in [0, 0.1) is 5.82 Å². The second-order valence-electron chi connectivity index (χ2n) is 2.34. The number of hydrogen-bond acceptors (Lipinski definition) is 1. The molecule has 0 saturated heterocycles. The molecule has 0 nitrogen and oxygen atoms in total. The van der Waals surface area contributed by atoms with Crippen LogP contribution in [0.3, 0.4) is 0 Å². The van der Waals surface area contributed by atoms with E-state index in [4.69, 9.17) is 11.6 Å². The smallest absolute Gasteiger partial charge is 0.143 e. The van der Waals surface area contributed by atoms with Gasteiger partial charge < -0.3 is 0 Å². The maximum Gasteiger partial charge on any atom is 0.143 e. The summed E-state index contributed by atoms with van der Waals surface area (Å²) in [5.74, 6) is -0.243. The zero-order valence-corrected chi connectivity index (χ0v) is 8.93. The molecule has 0 bridgehead atoms. The molecular formula is C8H3BrClFS. The Morgan fingerprint density at radius 2 is 2.17 bits per heavy atom. The molecule has 0 amide bonds. The van der Waals surface area contributed by atoms with Crippen molar-refractivity contribution >= 4 is 49.0 Å². The molecule has 0 atom stereocenters. The molecule has 0 aliphatic heterocycles. The number of thiophene rings is 1. The van der Waals surface area contributed by atoms with E-state index in [-0.39, 0.29) is 5.82 Å². The molecule has 62 valence electrons. The predicted octanol–water partition coefficient (Wildman–Crippen LogP) is 4.46. The normalized spacial score (nSPS) is 10.9. The average molecular weight is 266 g/mol. The van der Waals surface area contributed by atoms with Crippen LogP contribution >= 0.6 is 38.9 Å². The lowest BCUT2D eigenvalue weighted by molar-refractivity contribution is 0.644. The van der Waals surface area contributed by atoms with Crippen LogP contribution in [-0.2, 0) is 0 Å². The van der Waals surface area contributed by atoms with Crippen LogP contribution in [0.2, 0.25) is 5.02 Å². The number of rotatable bonds is 0. The Kier molecular flexibility index (Phi) is 2.10. The summed E-state index contributed by atoms with van der Waals surface area (Å²) in [5.41, 5.74) is 0. The van der Waals surface area contributed by atoms with Gasteiger partial charge in [-0.15, -0.1) is 11.3 Å². The highest BCUT2D eigenvalue weighted by atomic mass is 79.9. The van der Waals surface area contributed by atoms with Gasteiger partial charge in [0.1, 0.15) is 5.82 Å². The Balaban J connectivity index is 2.93. The molecule has 0 aliphatic carbocycles. The molecular weight excluding hydrogens is 263 g/mol. The van der Waals surface area contributed by atoms with Gasteiger partial charge in [0.05, 0.1) is 5.02 Å². The molecule has 2 rings (SSSR count). The van der Waals surface area contributed by atoms with E-state index in [9.17, 15) is 4.39 Å². The van der Waals surface area contributed by atoms with E-state index in [1.165, 1.54) is 16.7 Å². The van der Waals surface area contributed by atoms with Crippen LogP contribution < -0.4 is 0 Å². The standard InChI is InChI=1S/C8H3BrClFS/c9-4-1-5(10)8-6(11)3-12-7(8)2-4/h1-3H. The summed E-state index contributed by atoms with van der Waals surface area (Å²) in [7, 11) is 0. The molecule has 0 unspecified atom stereocenters. The van der Waals surface area contributed by atoms with E-state index in [1.807, 2.05) is 6.07 Å². The summed E-state index contributed by atoms with van der Waals surface area (Å²) >= 11 is 10.5. The SMILES string of the molecule is Fc1csc2cc(Br)cc(Cl)c12. The van der Waals surface area contributed by atoms with Gasteiger partial charge in [0, 0.05) is 19.9 Å². The molecule has 1 aromatic carbocycles. The molecule has 0 saturated carbocycles. The first-order valence-electron chi connectivity index (χ1n) is 3.20. The average Bonchev–Trinajstić information content (AvgIpc) is 2.31. The van der Waals surface area contributed by atoms with Gasteiger partial charge in [-0.25, -0.2) is 4.39 Å². The van der Waals surface area contributed by atoms with Crippen molar-refractivity contribution in [3.05, 3.63) is 32.8 Å². The minimum absolute atomic E-state index is 0.243. The summed E-state index contributed by atoms with van der Waals surface area (Å²) in [6.07, 6.45) is 0. The van der Waals surface area contributed by atoms with E-state index >= 15 is 0 Å². The molecule has 0 fully saturated rings. The largest absolute Gasteiger partial charge is 0.205 e. The van der Waals surface area contributed by atoms with Crippen molar-refractivity contribution in [3.8, 4) is 0 Å². The first kappa shape index (κ1) is 8.48. The van der Waals surface area contributed by atoms with E-state index < -0.39 is 0 Å². The van der Waals surface area contributed by atoms with Crippen molar-refractivity contribution in [3.63, 3.8) is 0 Å². The summed E-state index contributed by atoms with van der Waals surface area (Å²) in [6.45, 7) is 0. The molecule has 0 spiro atoms. The lowest BCUT2D eigenvalue weighted by Crippen LogP contribution is -1.72. The molecule has 1 heterocycles. The van der Waals surface area contributed by atoms with E-state index in [1.54, 1.807) is 6.07 Å². The molecule has 0 N–H and O–H groups in total. The lowest BCUT2D eigenvalue weighted by Gasteiger charge is -1.95. The maximum absolute atomic E-state index is 13.0. The molecule has 12 heavy (non-hydrogen) atoms. The Morgan fingerprint density at radius 1 is 1.42 bits per heavy atom. The highest BCUT2D eigenvalue weighted by Crippen LogP contribution is 2.33. The predicted molar refractivity (Wildman–Crippen MR) is 54.5 cm³/mol. The second-order valence-corrected chi connectivity index (χ2v) is 4.58. The van der Waals surface area contributed by atoms with Crippen LogP contribution in [0.15, 0.2) is 22.0 Å². The van der Waals surface area contributed by atoms with Crippen molar-refractivity contribution in [1.29, 1.82) is 0 Å². The van der Waals surface area contributed by atoms with Crippen molar-refractivity contribution in [2.75, 3.05) is 0 Å². The fraction of sp³-hybridized carbons (Fsp3) is 0. The number of halogens is 3. The van der Waals surface area contributed by atoms with Crippen molar-refractivity contribution in [1.82, 2.24) is 0 Å². The fourth-order valence-electron chi connectivity index (χ4n) is 1.05. The fourth-order valence-corrected chi connectivity index (χ4v) is 3.02. The van der Waals surface area contributed by atoms with Crippen LogP contribution in [0.4, 0.5) is 4.39 Å². The number of fused-ring (bicyclic) bond motifs is 1. The van der Waals surface area contributed by atoms with E-state index in [0.717, 1.165) is 9.17 Å². The van der Waals surface area contributed by atoms with Gasteiger partial charge in [0.15, 0.2) is 0 Å². The van der Waals surface area contributed by atoms with Gasteiger partial charge in [-0.05, 0) is 12.1 Å². The lowest BCUT2D eigenvalue weighted by atomic mass is 10.2. The Bertz CT molecular complexity index is 438. The Labute approximate surface area is 86.1 Å². The first-order chi connectivity index (χ1) is 5.68. The minimum Gasteiger partial charge on any atom is -0.205 e. The maximum atomic E-state index is 13.0. The highest BCUT2D eigenvalue weighted by molar-refractivity contribution is 9.10. The first-order valence-corrected chi connectivity index (χ1v) is 5.25. The summed E-state index contributed by atoms with van der Waals surface area (Å²) in [6, 6.07) is 3.55. The van der Waals surface area contributed by atoms with Gasteiger partial charge in [-0.1, -0.05) is 27.5 Å². The third kappa shape index (κ3) is 1.26. The summed E-state index contributed by atoms with van der Waals surface area (Å²) in [5, 5.41) is 2.44. The van der Waals surface area contributed by atoms with Gasteiger partial charge >= 0.3 is 0 Å². The Morgan fingerprint density at radius 3 is 2.92 bits per heavy atom. The molecule has 2 aromatic rings.